The molecule has 1 amide bonds. The van der Waals surface area contributed by atoms with Crippen molar-refractivity contribution in [3.05, 3.63) is 29.8 Å². The lowest BCUT2D eigenvalue weighted by Gasteiger charge is -2.24. The molecule has 0 spiro atoms. The Morgan fingerprint density at radius 2 is 2.15 bits per heavy atom. The second-order valence-corrected chi connectivity index (χ2v) is 7.34. The maximum atomic E-state index is 12.3. The molecule has 20 heavy (non-hydrogen) atoms. The maximum Gasteiger partial charge on any atom is 0.222 e. The molecule has 0 aliphatic carbocycles. The highest BCUT2D eigenvalue weighted by atomic mass is 32.2. The van der Waals surface area contributed by atoms with E-state index in [9.17, 15) is 4.79 Å². The van der Waals surface area contributed by atoms with Crippen LogP contribution in [0.1, 0.15) is 38.2 Å². The molecule has 0 N–H and O–H groups in total. The Labute approximate surface area is 125 Å². The van der Waals surface area contributed by atoms with Crippen LogP contribution in [0.3, 0.4) is 0 Å². The van der Waals surface area contributed by atoms with Gasteiger partial charge in [0.05, 0.1) is 0 Å². The van der Waals surface area contributed by atoms with Gasteiger partial charge in [-0.05, 0) is 36.8 Å². The Balaban J connectivity index is 1.60. The highest BCUT2D eigenvalue weighted by Gasteiger charge is 2.27. The van der Waals surface area contributed by atoms with Crippen LogP contribution in [-0.2, 0) is 11.2 Å². The minimum atomic E-state index is 0.373. The molecule has 1 aromatic carbocycles. The van der Waals surface area contributed by atoms with Gasteiger partial charge in [0.2, 0.25) is 5.91 Å². The molecule has 2 atom stereocenters. The predicted molar refractivity (Wildman–Crippen MR) is 84.0 cm³/mol. The van der Waals surface area contributed by atoms with Crippen LogP contribution in [0, 0.1) is 5.92 Å². The van der Waals surface area contributed by atoms with Crippen LogP contribution in [0.2, 0.25) is 0 Å². The lowest BCUT2D eigenvalue weighted by molar-refractivity contribution is -0.130. The van der Waals surface area contributed by atoms with E-state index in [4.69, 9.17) is 0 Å². The summed E-state index contributed by atoms with van der Waals surface area (Å²) >= 11 is 1.95. The third-order valence-electron chi connectivity index (χ3n) is 4.64. The highest BCUT2D eigenvalue weighted by Crippen LogP contribution is 2.37. The number of thioether (sulfide) groups is 1. The first kappa shape index (κ1) is 14.0. The minimum Gasteiger partial charge on any atom is -0.342 e. The molecule has 2 aliphatic rings. The number of hydrogen-bond acceptors (Lipinski definition) is 2. The summed E-state index contributed by atoms with van der Waals surface area (Å²) in [6.45, 7) is 4.13. The highest BCUT2D eigenvalue weighted by molar-refractivity contribution is 8.00. The minimum absolute atomic E-state index is 0.373. The van der Waals surface area contributed by atoms with Gasteiger partial charge in [0, 0.05) is 29.7 Å². The maximum absolute atomic E-state index is 12.3. The summed E-state index contributed by atoms with van der Waals surface area (Å²) in [4.78, 5) is 15.8. The fourth-order valence-corrected chi connectivity index (χ4v) is 4.63. The summed E-state index contributed by atoms with van der Waals surface area (Å²) in [6, 6.07) is 8.65. The third-order valence-corrected chi connectivity index (χ3v) is 5.94. The van der Waals surface area contributed by atoms with Crippen molar-refractivity contribution >= 4 is 17.7 Å². The van der Waals surface area contributed by atoms with E-state index < -0.39 is 0 Å². The van der Waals surface area contributed by atoms with Crippen molar-refractivity contribution in [1.82, 2.24) is 4.90 Å². The number of carbonyl (C=O) groups is 1. The zero-order valence-electron chi connectivity index (χ0n) is 12.2. The van der Waals surface area contributed by atoms with Crippen LogP contribution in [-0.4, -0.2) is 29.1 Å². The van der Waals surface area contributed by atoms with E-state index in [0.717, 1.165) is 38.3 Å². The van der Waals surface area contributed by atoms with Crippen molar-refractivity contribution < 1.29 is 4.79 Å². The van der Waals surface area contributed by atoms with E-state index >= 15 is 0 Å². The van der Waals surface area contributed by atoms with Crippen molar-refractivity contribution in [2.75, 3.05) is 13.1 Å². The molecule has 0 aromatic heterocycles. The van der Waals surface area contributed by atoms with Crippen molar-refractivity contribution in [2.24, 2.45) is 5.92 Å². The normalized spacial score (nSPS) is 26.4. The summed E-state index contributed by atoms with van der Waals surface area (Å²) in [7, 11) is 0. The summed E-state index contributed by atoms with van der Waals surface area (Å²) in [5.74, 6) is 1.12. The molecular weight excluding hydrogens is 266 g/mol. The smallest absolute Gasteiger partial charge is 0.222 e. The summed E-state index contributed by atoms with van der Waals surface area (Å²) < 4.78 is 0. The third kappa shape index (κ3) is 3.03. The molecule has 2 aliphatic heterocycles. The van der Waals surface area contributed by atoms with Gasteiger partial charge in [0.1, 0.15) is 0 Å². The van der Waals surface area contributed by atoms with Crippen LogP contribution >= 0.6 is 11.8 Å². The van der Waals surface area contributed by atoms with Gasteiger partial charge in [-0.1, -0.05) is 31.5 Å². The number of carbonyl (C=O) groups excluding carboxylic acids is 1. The number of amides is 1. The molecule has 2 nitrogen and oxygen atoms in total. The van der Waals surface area contributed by atoms with E-state index in [2.05, 4.69) is 36.1 Å². The summed E-state index contributed by atoms with van der Waals surface area (Å²) in [6.07, 6.45) is 5.35. The van der Waals surface area contributed by atoms with Crippen molar-refractivity contribution in [2.45, 2.75) is 49.2 Å². The van der Waals surface area contributed by atoms with Crippen LogP contribution < -0.4 is 0 Å². The molecule has 0 saturated carbocycles. The zero-order valence-corrected chi connectivity index (χ0v) is 13.0. The Morgan fingerprint density at radius 1 is 1.30 bits per heavy atom. The number of benzene rings is 1. The first-order valence-corrected chi connectivity index (χ1v) is 8.66. The molecular formula is C17H23NOS. The standard InChI is InChI=1S/C17H23NOS/c1-2-13-7-8-17(19)18(10-9-13)12-15-11-14-5-3-4-6-16(14)20-15/h3-6,13,15H,2,7-12H2,1H3. The average molecular weight is 289 g/mol. The second kappa shape index (κ2) is 6.21. The molecule has 0 radical (unpaired) electrons. The molecule has 0 bridgehead atoms. The fourth-order valence-electron chi connectivity index (χ4n) is 3.30. The van der Waals surface area contributed by atoms with E-state index in [1.807, 2.05) is 11.8 Å². The monoisotopic (exact) mass is 289 g/mol. The van der Waals surface area contributed by atoms with Crippen LogP contribution in [0.5, 0.6) is 0 Å². The summed E-state index contributed by atoms with van der Waals surface area (Å²) in [5.41, 5.74) is 1.45. The SMILES string of the molecule is CCC1CCC(=O)N(CC2Cc3ccccc3S2)CC1. The molecule has 1 aromatic rings. The summed E-state index contributed by atoms with van der Waals surface area (Å²) in [5, 5.41) is 0.550. The predicted octanol–water partition coefficient (Wildman–Crippen LogP) is 3.74. The van der Waals surface area contributed by atoms with Crippen LogP contribution in [0.25, 0.3) is 0 Å². The number of nitrogens with zero attached hydrogens (tertiary/aromatic N) is 1. The molecule has 2 heterocycles. The van der Waals surface area contributed by atoms with Crippen LogP contribution in [0.15, 0.2) is 29.2 Å². The Morgan fingerprint density at radius 3 is 2.95 bits per heavy atom. The van der Waals surface area contributed by atoms with Crippen LogP contribution in [0.4, 0.5) is 0 Å². The molecule has 108 valence electrons. The average Bonchev–Trinajstić information content (AvgIpc) is 2.79. The van der Waals surface area contributed by atoms with Gasteiger partial charge in [0.25, 0.3) is 0 Å². The van der Waals surface area contributed by atoms with Crippen molar-refractivity contribution in [3.8, 4) is 0 Å². The van der Waals surface area contributed by atoms with E-state index in [0.29, 0.717) is 11.2 Å². The number of rotatable bonds is 3. The molecule has 1 fully saturated rings. The molecule has 3 rings (SSSR count). The van der Waals surface area contributed by atoms with E-state index in [-0.39, 0.29) is 0 Å². The van der Waals surface area contributed by atoms with Crippen molar-refractivity contribution in [1.29, 1.82) is 0 Å². The Kier molecular flexibility index (Phi) is 4.35. The lowest BCUT2D eigenvalue weighted by Crippen LogP contribution is -2.36. The van der Waals surface area contributed by atoms with Gasteiger partial charge >= 0.3 is 0 Å². The van der Waals surface area contributed by atoms with Gasteiger partial charge in [-0.2, -0.15) is 0 Å². The van der Waals surface area contributed by atoms with Gasteiger partial charge < -0.3 is 4.90 Å². The van der Waals surface area contributed by atoms with Gasteiger partial charge in [-0.3, -0.25) is 4.79 Å². The fraction of sp³-hybridized carbons (Fsp3) is 0.588. The van der Waals surface area contributed by atoms with Gasteiger partial charge in [-0.25, -0.2) is 0 Å². The first-order chi connectivity index (χ1) is 9.76. The number of hydrogen-bond donors (Lipinski definition) is 0. The Hall–Kier alpha value is -0.960. The largest absolute Gasteiger partial charge is 0.342 e. The van der Waals surface area contributed by atoms with Gasteiger partial charge in [-0.15, -0.1) is 11.8 Å². The first-order valence-electron chi connectivity index (χ1n) is 7.78. The number of fused-ring (bicyclic) bond motifs is 1. The topological polar surface area (TPSA) is 20.3 Å². The lowest BCUT2D eigenvalue weighted by atomic mass is 9.98. The second-order valence-electron chi connectivity index (χ2n) is 5.99. The molecule has 1 saturated heterocycles. The Bertz CT molecular complexity index is 463. The zero-order chi connectivity index (χ0) is 13.9. The van der Waals surface area contributed by atoms with E-state index in [1.165, 1.54) is 23.3 Å². The van der Waals surface area contributed by atoms with E-state index in [1.54, 1.807) is 0 Å². The molecule has 2 unspecified atom stereocenters. The number of likely N-dealkylation sites (tertiary alicyclic amines) is 1. The van der Waals surface area contributed by atoms with Gasteiger partial charge in [0.15, 0.2) is 0 Å². The quantitative estimate of drug-likeness (QED) is 0.845. The van der Waals surface area contributed by atoms with Crippen molar-refractivity contribution in [3.63, 3.8) is 0 Å². The molecule has 3 heteroatoms.